The van der Waals surface area contributed by atoms with Gasteiger partial charge in [-0.3, -0.25) is 4.57 Å². The van der Waals surface area contributed by atoms with E-state index in [2.05, 4.69) is 15.4 Å². The molecule has 1 heterocycles. The molecular weight excluding hydrogens is 358 g/mol. The molecule has 1 fully saturated rings. The fourth-order valence-electron chi connectivity index (χ4n) is 1.97. The lowest BCUT2D eigenvalue weighted by Gasteiger charge is -2.34. The van der Waals surface area contributed by atoms with Crippen molar-refractivity contribution in [1.29, 1.82) is 0 Å². The Kier molecular flexibility index (Phi) is 6.74. The highest BCUT2D eigenvalue weighted by atomic mass is 35.5. The number of benzene rings is 1. The molecule has 2 N–H and O–H groups in total. The molecule has 6 nitrogen and oxygen atoms in total. The predicted molar refractivity (Wildman–Crippen MR) is 96.6 cm³/mol. The number of ether oxygens (including phenoxy) is 1. The fourth-order valence-corrected chi connectivity index (χ4v) is 4.11. The third kappa shape index (κ3) is 5.10. The predicted octanol–water partition coefficient (Wildman–Crippen LogP) is 4.22. The highest BCUT2D eigenvalue weighted by Gasteiger charge is 2.32. The number of nitrogens with zero attached hydrogens (tertiary/aromatic N) is 2. The standard InChI is InChI=1S/C14H21Cl2N4O2P/c1-3-11(2)17-19-23(21,20-6-8-22-9-7-20)18-12-4-5-13(15)14(16)10-12/h4-5,10H,3,6-9H2,1-2H3,(H2,18,19,21)/b17-11+. The summed E-state index contributed by atoms with van der Waals surface area (Å²) in [5, 5.41) is 10.9. The molecule has 1 aliphatic heterocycles. The van der Waals surface area contributed by atoms with Crippen LogP contribution >= 0.6 is 30.8 Å². The number of anilines is 1. The molecule has 0 aromatic heterocycles. The minimum absolute atomic E-state index is 0.401. The third-order valence-electron chi connectivity index (χ3n) is 3.47. The maximum absolute atomic E-state index is 13.4. The summed E-state index contributed by atoms with van der Waals surface area (Å²) in [5.74, 6) is 0. The molecule has 1 aliphatic rings. The molecule has 0 amide bonds. The number of hydrogen-bond donors (Lipinski definition) is 2. The SMILES string of the molecule is CC/C(C)=N/NP(=O)(Nc1ccc(Cl)c(Cl)c1)N1CCOCC1. The van der Waals surface area contributed by atoms with Gasteiger partial charge in [0.2, 0.25) is 0 Å². The van der Waals surface area contributed by atoms with Gasteiger partial charge in [-0.2, -0.15) is 5.10 Å². The Morgan fingerprint density at radius 1 is 1.35 bits per heavy atom. The minimum Gasteiger partial charge on any atom is -0.379 e. The second kappa shape index (κ2) is 8.36. The average molecular weight is 379 g/mol. The van der Waals surface area contributed by atoms with Gasteiger partial charge in [0.15, 0.2) is 0 Å². The van der Waals surface area contributed by atoms with Gasteiger partial charge in [-0.1, -0.05) is 30.1 Å². The lowest BCUT2D eigenvalue weighted by atomic mass is 10.3. The van der Waals surface area contributed by atoms with E-state index in [-0.39, 0.29) is 0 Å². The van der Waals surface area contributed by atoms with E-state index < -0.39 is 7.59 Å². The molecule has 0 aliphatic carbocycles. The molecule has 0 saturated carbocycles. The normalized spacial score (nSPS) is 19.2. The van der Waals surface area contributed by atoms with Gasteiger partial charge in [-0.15, -0.1) is 0 Å². The van der Waals surface area contributed by atoms with Crippen LogP contribution < -0.4 is 10.3 Å². The van der Waals surface area contributed by atoms with Gasteiger partial charge < -0.3 is 9.82 Å². The van der Waals surface area contributed by atoms with Gasteiger partial charge in [0.05, 0.1) is 23.3 Å². The molecular formula is C14H21Cl2N4O2P. The van der Waals surface area contributed by atoms with Crippen molar-refractivity contribution < 1.29 is 9.30 Å². The second-order valence-corrected chi connectivity index (χ2v) is 8.14. The zero-order chi connectivity index (χ0) is 16.9. The van der Waals surface area contributed by atoms with E-state index >= 15 is 0 Å². The number of nitrogens with one attached hydrogen (secondary N) is 2. The van der Waals surface area contributed by atoms with E-state index in [9.17, 15) is 4.57 Å². The van der Waals surface area contributed by atoms with Crippen molar-refractivity contribution in [3.05, 3.63) is 28.2 Å². The minimum atomic E-state index is -3.15. The van der Waals surface area contributed by atoms with Crippen LogP contribution in [0.1, 0.15) is 20.3 Å². The van der Waals surface area contributed by atoms with E-state index in [1.54, 1.807) is 18.2 Å². The first kappa shape index (κ1) is 18.6. The highest BCUT2D eigenvalue weighted by molar-refractivity contribution is 7.61. The van der Waals surface area contributed by atoms with E-state index in [0.29, 0.717) is 42.0 Å². The van der Waals surface area contributed by atoms with Crippen molar-refractivity contribution in [3.63, 3.8) is 0 Å². The number of halogens is 2. The van der Waals surface area contributed by atoms with Crippen molar-refractivity contribution in [1.82, 2.24) is 9.87 Å². The van der Waals surface area contributed by atoms with Crippen LogP contribution in [0.5, 0.6) is 0 Å². The zero-order valence-corrected chi connectivity index (χ0v) is 15.6. The lowest BCUT2D eigenvalue weighted by Crippen LogP contribution is -2.39. The molecule has 1 atom stereocenters. The van der Waals surface area contributed by atoms with Crippen LogP contribution in [0.4, 0.5) is 5.69 Å². The highest BCUT2D eigenvalue weighted by Crippen LogP contribution is 2.46. The van der Waals surface area contributed by atoms with Crippen molar-refractivity contribution in [3.8, 4) is 0 Å². The average Bonchev–Trinajstić information content (AvgIpc) is 2.57. The van der Waals surface area contributed by atoms with Crippen LogP contribution in [-0.4, -0.2) is 36.7 Å². The molecule has 1 unspecified atom stereocenters. The summed E-state index contributed by atoms with van der Waals surface area (Å²) >= 11 is 12.0. The summed E-state index contributed by atoms with van der Waals surface area (Å²) in [7, 11) is -3.15. The van der Waals surface area contributed by atoms with E-state index in [1.807, 2.05) is 18.5 Å². The molecule has 23 heavy (non-hydrogen) atoms. The van der Waals surface area contributed by atoms with Crippen LogP contribution in [0.15, 0.2) is 23.3 Å². The van der Waals surface area contributed by atoms with Gasteiger partial charge in [0.25, 0.3) is 0 Å². The summed E-state index contributed by atoms with van der Waals surface area (Å²) in [5.41, 5.74) is 1.49. The summed E-state index contributed by atoms with van der Waals surface area (Å²) in [6.45, 7) is 6.05. The smallest absolute Gasteiger partial charge is 0.346 e. The monoisotopic (exact) mass is 378 g/mol. The van der Waals surface area contributed by atoms with Gasteiger partial charge in [0, 0.05) is 24.5 Å². The Morgan fingerprint density at radius 2 is 2.04 bits per heavy atom. The molecule has 0 spiro atoms. The summed E-state index contributed by atoms with van der Waals surface area (Å²) in [4.78, 5) is 0. The molecule has 1 saturated heterocycles. The number of hydrazone groups is 1. The van der Waals surface area contributed by atoms with Gasteiger partial charge in [-0.05, 0) is 31.5 Å². The Balaban J connectivity index is 2.24. The first-order chi connectivity index (χ1) is 10.9. The Hall–Kier alpha value is -0.780. The molecule has 2 rings (SSSR count). The summed E-state index contributed by atoms with van der Waals surface area (Å²) < 4.78 is 20.6. The quantitative estimate of drug-likeness (QED) is 0.440. The Morgan fingerprint density at radius 3 is 2.65 bits per heavy atom. The van der Waals surface area contributed by atoms with E-state index in [0.717, 1.165) is 12.1 Å². The lowest BCUT2D eigenvalue weighted by molar-refractivity contribution is 0.0717. The maximum atomic E-state index is 13.4. The first-order valence-corrected chi connectivity index (χ1v) is 9.83. The van der Waals surface area contributed by atoms with Crippen molar-refractivity contribution in [2.45, 2.75) is 20.3 Å². The number of hydrogen-bond acceptors (Lipinski definition) is 3. The molecule has 128 valence electrons. The molecule has 1 aromatic carbocycles. The fraction of sp³-hybridized carbons (Fsp3) is 0.500. The van der Waals surface area contributed by atoms with Crippen LogP contribution in [0.2, 0.25) is 10.0 Å². The maximum Gasteiger partial charge on any atom is 0.346 e. The van der Waals surface area contributed by atoms with Crippen molar-refractivity contribution in [2.24, 2.45) is 5.10 Å². The zero-order valence-electron chi connectivity index (χ0n) is 13.2. The Labute approximate surface area is 146 Å². The first-order valence-electron chi connectivity index (χ1n) is 7.41. The topological polar surface area (TPSA) is 66.0 Å². The molecule has 9 heteroatoms. The molecule has 1 aromatic rings. The Bertz CT molecular complexity index is 621. The number of rotatable bonds is 6. The second-order valence-electron chi connectivity index (χ2n) is 5.18. The van der Waals surface area contributed by atoms with Crippen LogP contribution in [0.25, 0.3) is 0 Å². The summed E-state index contributed by atoms with van der Waals surface area (Å²) in [6.07, 6.45) is 0.781. The number of morpholine rings is 1. The van der Waals surface area contributed by atoms with Crippen molar-refractivity contribution in [2.75, 3.05) is 31.4 Å². The van der Waals surface area contributed by atoms with Gasteiger partial charge >= 0.3 is 7.59 Å². The van der Waals surface area contributed by atoms with Crippen LogP contribution in [0.3, 0.4) is 0 Å². The van der Waals surface area contributed by atoms with Gasteiger partial charge in [-0.25, -0.2) is 9.87 Å². The van der Waals surface area contributed by atoms with Gasteiger partial charge in [0.1, 0.15) is 0 Å². The largest absolute Gasteiger partial charge is 0.379 e. The third-order valence-corrected chi connectivity index (χ3v) is 6.34. The molecule has 0 bridgehead atoms. The van der Waals surface area contributed by atoms with Crippen LogP contribution in [-0.2, 0) is 9.30 Å². The van der Waals surface area contributed by atoms with E-state index in [4.69, 9.17) is 27.9 Å². The van der Waals surface area contributed by atoms with Crippen molar-refractivity contribution >= 4 is 42.2 Å². The van der Waals surface area contributed by atoms with E-state index in [1.165, 1.54) is 0 Å². The van der Waals surface area contributed by atoms with Crippen LogP contribution in [0, 0.1) is 0 Å². The molecule has 0 radical (unpaired) electrons. The summed E-state index contributed by atoms with van der Waals surface area (Å²) in [6, 6.07) is 5.05.